The van der Waals surface area contributed by atoms with Crippen LogP contribution in [0.15, 0.2) is 60.7 Å². The quantitative estimate of drug-likeness (QED) is 0.304. The molecule has 6 unspecified atom stereocenters. The molecule has 1 fully saturated rings. The van der Waals surface area contributed by atoms with E-state index in [1.54, 1.807) is 11.8 Å². The van der Waals surface area contributed by atoms with Crippen LogP contribution in [0.3, 0.4) is 0 Å². The molecule has 0 aliphatic carbocycles. The van der Waals surface area contributed by atoms with Gasteiger partial charge < -0.3 is 19.5 Å². The molecule has 3 rings (SSSR count). The van der Waals surface area contributed by atoms with E-state index < -0.39 is 30.8 Å². The summed E-state index contributed by atoms with van der Waals surface area (Å²) in [6, 6.07) is 18.7. The Hall–Kier alpha value is -2.16. The highest BCUT2D eigenvalue weighted by Gasteiger charge is 2.45. The summed E-state index contributed by atoms with van der Waals surface area (Å²) in [6.07, 6.45) is -2.57. The minimum absolute atomic E-state index is 0.0528. The average molecular weight is 536 g/mol. The molecule has 0 bridgehead atoms. The highest BCUT2D eigenvalue weighted by molar-refractivity contribution is 7.99. The number of hydrogen-bond donors (Lipinski definition) is 1. The van der Waals surface area contributed by atoms with Crippen LogP contribution in [0.2, 0.25) is 0 Å². The Morgan fingerprint density at radius 2 is 1.68 bits per heavy atom. The Kier molecular flexibility index (Phi) is 12.2. The van der Waals surface area contributed by atoms with Crippen LogP contribution >= 0.6 is 11.8 Å². The molecule has 0 saturated carbocycles. The Bertz CT molecular complexity index is 921. The van der Waals surface area contributed by atoms with Crippen molar-refractivity contribution < 1.29 is 27.8 Å². The van der Waals surface area contributed by atoms with E-state index in [0.29, 0.717) is 6.42 Å². The summed E-state index contributed by atoms with van der Waals surface area (Å²) in [6.45, 7) is 6.29. The van der Waals surface area contributed by atoms with Gasteiger partial charge in [0, 0.05) is 12.3 Å². The summed E-state index contributed by atoms with van der Waals surface area (Å²) in [7, 11) is 0. The van der Waals surface area contributed by atoms with E-state index in [9.17, 15) is 13.6 Å². The van der Waals surface area contributed by atoms with Gasteiger partial charge in [-0.3, -0.25) is 0 Å². The zero-order valence-electron chi connectivity index (χ0n) is 21.9. The Balaban J connectivity index is 1.79. The zero-order chi connectivity index (χ0) is 26.6. The number of benzene rings is 2. The molecule has 1 saturated heterocycles. The second-order valence-corrected chi connectivity index (χ2v) is 10.8. The standard InChI is InChI=1S/C29H39F2NO4S/c1-4-24-20(3)27(35-23(16-17-25(30)31)18-21-12-8-6-9-13-21)26(28(36-24)37-5-2)32-29(33)34-19-22-14-10-7-11-15-22/h6-15,20,23-28H,4-5,16-19H2,1-3H3,(H,32,33). The van der Waals surface area contributed by atoms with Gasteiger partial charge in [0.2, 0.25) is 6.43 Å². The van der Waals surface area contributed by atoms with Crippen molar-refractivity contribution in [1.82, 2.24) is 5.32 Å². The lowest BCUT2D eigenvalue weighted by molar-refractivity contribution is -0.160. The van der Waals surface area contributed by atoms with E-state index in [-0.39, 0.29) is 36.9 Å². The molecule has 1 heterocycles. The topological polar surface area (TPSA) is 56.8 Å². The fraction of sp³-hybridized carbons (Fsp3) is 0.552. The van der Waals surface area contributed by atoms with Gasteiger partial charge in [-0.15, -0.1) is 11.8 Å². The molecule has 2 aromatic rings. The van der Waals surface area contributed by atoms with Gasteiger partial charge in [0.05, 0.1) is 24.4 Å². The monoisotopic (exact) mass is 535 g/mol. The molecule has 1 aliphatic heterocycles. The number of ether oxygens (including phenoxy) is 3. The maximum atomic E-state index is 13.2. The Morgan fingerprint density at radius 1 is 1.03 bits per heavy atom. The lowest BCUT2D eigenvalue weighted by atomic mass is 9.88. The second-order valence-electron chi connectivity index (χ2n) is 9.38. The number of nitrogens with one attached hydrogen (secondary N) is 1. The van der Waals surface area contributed by atoms with Gasteiger partial charge in [-0.2, -0.15) is 0 Å². The fourth-order valence-electron chi connectivity index (χ4n) is 4.74. The molecule has 1 amide bonds. The van der Waals surface area contributed by atoms with Crippen LogP contribution < -0.4 is 5.32 Å². The van der Waals surface area contributed by atoms with Crippen molar-refractivity contribution in [3.05, 3.63) is 71.8 Å². The van der Waals surface area contributed by atoms with Gasteiger partial charge in [-0.05, 0) is 36.1 Å². The number of alkyl carbamates (subject to hydrolysis) is 1. The molecule has 1 aliphatic rings. The number of thioether (sulfide) groups is 1. The van der Waals surface area contributed by atoms with Crippen molar-refractivity contribution in [2.24, 2.45) is 5.92 Å². The van der Waals surface area contributed by atoms with E-state index in [4.69, 9.17) is 14.2 Å². The van der Waals surface area contributed by atoms with E-state index in [1.165, 1.54) is 0 Å². The van der Waals surface area contributed by atoms with Crippen LogP contribution in [-0.4, -0.2) is 48.1 Å². The summed E-state index contributed by atoms with van der Waals surface area (Å²) in [5, 5.41) is 3.00. The van der Waals surface area contributed by atoms with E-state index >= 15 is 0 Å². The van der Waals surface area contributed by atoms with Gasteiger partial charge >= 0.3 is 6.09 Å². The SMILES string of the molecule is CCSC1OC(CC)C(C)C(OC(CCC(F)F)Cc2ccccc2)C1NC(=O)OCc1ccccc1. The predicted molar refractivity (Wildman–Crippen MR) is 144 cm³/mol. The summed E-state index contributed by atoms with van der Waals surface area (Å²) < 4.78 is 44.9. The molecule has 2 aromatic carbocycles. The highest BCUT2D eigenvalue weighted by atomic mass is 32.2. The zero-order valence-corrected chi connectivity index (χ0v) is 22.7. The van der Waals surface area contributed by atoms with Crippen LogP contribution in [0.4, 0.5) is 13.6 Å². The van der Waals surface area contributed by atoms with Gasteiger partial charge in [0.25, 0.3) is 0 Å². The Labute approximate surface area is 223 Å². The van der Waals surface area contributed by atoms with Crippen LogP contribution in [-0.2, 0) is 27.2 Å². The first-order valence-corrected chi connectivity index (χ1v) is 14.2. The van der Waals surface area contributed by atoms with E-state index in [1.807, 2.05) is 74.5 Å². The molecule has 0 radical (unpaired) electrons. The van der Waals surface area contributed by atoms with E-state index in [0.717, 1.165) is 23.3 Å². The molecule has 0 spiro atoms. The number of carbonyl (C=O) groups is 1. The normalized spacial score (nSPS) is 24.5. The van der Waals surface area contributed by atoms with Crippen molar-refractivity contribution in [1.29, 1.82) is 0 Å². The van der Waals surface area contributed by atoms with Gasteiger partial charge in [-0.1, -0.05) is 81.4 Å². The smallest absolute Gasteiger partial charge is 0.407 e. The summed E-state index contributed by atoms with van der Waals surface area (Å²) in [4.78, 5) is 12.9. The number of alkyl halides is 2. The van der Waals surface area contributed by atoms with Gasteiger partial charge in [-0.25, -0.2) is 13.6 Å². The van der Waals surface area contributed by atoms with Gasteiger partial charge in [0.1, 0.15) is 12.0 Å². The number of rotatable bonds is 13. The summed E-state index contributed by atoms with van der Waals surface area (Å²) in [5.74, 6) is 0.737. The molecular formula is C29H39F2NO4S. The number of halogens is 2. The molecule has 0 aromatic heterocycles. The first-order chi connectivity index (χ1) is 17.9. The third-order valence-electron chi connectivity index (χ3n) is 6.65. The van der Waals surface area contributed by atoms with Crippen LogP contribution in [0.25, 0.3) is 0 Å². The largest absolute Gasteiger partial charge is 0.445 e. The minimum atomic E-state index is -2.40. The van der Waals surface area contributed by atoms with E-state index in [2.05, 4.69) is 12.2 Å². The summed E-state index contributed by atoms with van der Waals surface area (Å²) in [5.41, 5.74) is 1.58. The molecule has 204 valence electrons. The number of hydrogen-bond acceptors (Lipinski definition) is 5. The molecule has 37 heavy (non-hydrogen) atoms. The number of carbonyl (C=O) groups excluding carboxylic acids is 1. The minimum Gasteiger partial charge on any atom is -0.445 e. The van der Waals surface area contributed by atoms with Crippen molar-refractivity contribution in [2.45, 2.75) is 89.3 Å². The van der Waals surface area contributed by atoms with Crippen LogP contribution in [0, 0.1) is 5.92 Å². The lowest BCUT2D eigenvalue weighted by Crippen LogP contribution is -2.61. The Morgan fingerprint density at radius 3 is 2.27 bits per heavy atom. The molecule has 6 atom stereocenters. The second kappa shape index (κ2) is 15.3. The van der Waals surface area contributed by atoms with Crippen molar-refractivity contribution in [2.75, 3.05) is 5.75 Å². The first-order valence-electron chi connectivity index (χ1n) is 13.1. The molecule has 8 heteroatoms. The number of amides is 1. The van der Waals surface area contributed by atoms with Crippen LogP contribution in [0.1, 0.15) is 51.2 Å². The van der Waals surface area contributed by atoms with Crippen LogP contribution in [0.5, 0.6) is 0 Å². The third kappa shape index (κ3) is 9.27. The van der Waals surface area contributed by atoms with Gasteiger partial charge in [0.15, 0.2) is 0 Å². The first kappa shape index (κ1) is 29.4. The van der Waals surface area contributed by atoms with Crippen molar-refractivity contribution >= 4 is 17.9 Å². The lowest BCUT2D eigenvalue weighted by Gasteiger charge is -2.46. The average Bonchev–Trinajstić information content (AvgIpc) is 2.90. The maximum absolute atomic E-state index is 13.2. The summed E-state index contributed by atoms with van der Waals surface area (Å²) >= 11 is 1.60. The fourth-order valence-corrected chi connectivity index (χ4v) is 5.72. The molecular weight excluding hydrogens is 496 g/mol. The third-order valence-corrected chi connectivity index (χ3v) is 7.72. The van der Waals surface area contributed by atoms with Crippen molar-refractivity contribution in [3.63, 3.8) is 0 Å². The molecule has 1 N–H and O–H groups in total. The van der Waals surface area contributed by atoms with Crippen molar-refractivity contribution in [3.8, 4) is 0 Å². The maximum Gasteiger partial charge on any atom is 0.407 e. The molecule has 5 nitrogen and oxygen atoms in total. The predicted octanol–water partition coefficient (Wildman–Crippen LogP) is 6.85. The highest BCUT2D eigenvalue weighted by Crippen LogP contribution is 2.36.